The first-order valence-electron chi connectivity index (χ1n) is 8.92. The average Bonchev–Trinajstić information content (AvgIpc) is 3.20. The van der Waals surface area contributed by atoms with Crippen LogP contribution < -0.4 is 10.1 Å². The number of sulfonamides is 1. The van der Waals surface area contributed by atoms with Crippen LogP contribution >= 0.6 is 11.3 Å². The number of benzene rings is 2. The lowest BCUT2D eigenvalue weighted by Gasteiger charge is -2.11. The van der Waals surface area contributed by atoms with Crippen molar-refractivity contribution in [1.82, 2.24) is 9.29 Å². The quantitative estimate of drug-likeness (QED) is 0.562. The number of nitrogens with one attached hydrogen (secondary N) is 1. The van der Waals surface area contributed by atoms with E-state index in [2.05, 4.69) is 10.3 Å². The van der Waals surface area contributed by atoms with Crippen LogP contribution in [0.3, 0.4) is 0 Å². The number of rotatable bonds is 7. The monoisotopic (exact) mass is 443 g/mol. The summed E-state index contributed by atoms with van der Waals surface area (Å²) in [5, 5.41) is 4.98. The van der Waals surface area contributed by atoms with Crippen molar-refractivity contribution in [2.24, 2.45) is 0 Å². The Morgan fingerprint density at radius 2 is 1.83 bits per heavy atom. The zero-order valence-electron chi connectivity index (χ0n) is 16.7. The third-order valence-corrected chi connectivity index (χ3v) is 6.80. The molecule has 1 aromatic heterocycles. The van der Waals surface area contributed by atoms with E-state index < -0.39 is 10.0 Å². The second-order valence-electron chi connectivity index (χ2n) is 6.41. The molecule has 1 amide bonds. The van der Waals surface area contributed by atoms with Crippen LogP contribution in [0.1, 0.15) is 5.56 Å². The Hall–Kier alpha value is -3.01. The Morgan fingerprint density at radius 1 is 1.13 bits per heavy atom. The van der Waals surface area contributed by atoms with Gasteiger partial charge >= 0.3 is 0 Å². The smallest absolute Gasteiger partial charge is 0.250 e. The topological polar surface area (TPSA) is 88.6 Å². The van der Waals surface area contributed by atoms with Crippen molar-refractivity contribution < 1.29 is 17.9 Å². The second kappa shape index (κ2) is 9.21. The second-order valence-corrected chi connectivity index (χ2v) is 9.42. The molecule has 0 atom stereocenters. The van der Waals surface area contributed by atoms with Gasteiger partial charge in [0, 0.05) is 36.7 Å². The number of carbonyl (C=O) groups is 1. The number of methoxy groups -OCH3 is 1. The van der Waals surface area contributed by atoms with Gasteiger partial charge in [0.15, 0.2) is 5.13 Å². The molecule has 156 valence electrons. The van der Waals surface area contributed by atoms with Gasteiger partial charge in [-0.2, -0.15) is 0 Å². The Bertz CT molecular complexity index is 1170. The maximum atomic E-state index is 12.2. The molecule has 0 aliphatic carbocycles. The van der Waals surface area contributed by atoms with Crippen molar-refractivity contribution in [3.8, 4) is 17.0 Å². The number of aromatic nitrogens is 1. The Balaban J connectivity index is 1.69. The number of thiazole rings is 1. The molecule has 0 radical (unpaired) electrons. The molecule has 30 heavy (non-hydrogen) atoms. The number of ether oxygens (including phenoxy) is 1. The fourth-order valence-electron chi connectivity index (χ4n) is 2.59. The summed E-state index contributed by atoms with van der Waals surface area (Å²) in [6.45, 7) is 0. The van der Waals surface area contributed by atoms with Crippen LogP contribution in [0.25, 0.3) is 17.3 Å². The molecule has 0 aliphatic rings. The molecule has 0 spiro atoms. The molecule has 1 heterocycles. The first-order valence-corrected chi connectivity index (χ1v) is 11.2. The maximum Gasteiger partial charge on any atom is 0.250 e. The van der Waals surface area contributed by atoms with Crippen molar-refractivity contribution in [2.75, 3.05) is 26.5 Å². The largest absolute Gasteiger partial charge is 0.496 e. The third-order valence-electron chi connectivity index (χ3n) is 4.22. The molecule has 0 saturated heterocycles. The van der Waals surface area contributed by atoms with Gasteiger partial charge in [0.05, 0.1) is 17.7 Å². The molecule has 3 aromatic rings. The van der Waals surface area contributed by atoms with Crippen LogP contribution in [0.5, 0.6) is 5.75 Å². The van der Waals surface area contributed by atoms with E-state index >= 15 is 0 Å². The molecule has 2 aromatic carbocycles. The number of carbonyl (C=O) groups excluding carboxylic acids is 1. The summed E-state index contributed by atoms with van der Waals surface area (Å²) in [6, 6.07) is 13.9. The zero-order valence-corrected chi connectivity index (χ0v) is 18.3. The normalized spacial score (nSPS) is 11.7. The average molecular weight is 444 g/mol. The summed E-state index contributed by atoms with van der Waals surface area (Å²) in [7, 11) is 1.07. The van der Waals surface area contributed by atoms with Gasteiger partial charge in [-0.05, 0) is 24.3 Å². The van der Waals surface area contributed by atoms with Gasteiger partial charge in [-0.25, -0.2) is 17.7 Å². The molecule has 0 saturated carbocycles. The van der Waals surface area contributed by atoms with E-state index in [-0.39, 0.29) is 10.8 Å². The van der Waals surface area contributed by atoms with E-state index in [0.29, 0.717) is 16.6 Å². The highest BCUT2D eigenvalue weighted by atomic mass is 32.2. The van der Waals surface area contributed by atoms with Gasteiger partial charge < -0.3 is 4.74 Å². The highest BCUT2D eigenvalue weighted by Crippen LogP contribution is 2.26. The van der Waals surface area contributed by atoms with E-state index in [1.54, 1.807) is 30.7 Å². The van der Waals surface area contributed by atoms with E-state index in [4.69, 9.17) is 4.74 Å². The fourth-order valence-corrected chi connectivity index (χ4v) is 4.21. The Labute approximate surface area is 179 Å². The van der Waals surface area contributed by atoms with Crippen LogP contribution in [-0.4, -0.2) is 44.8 Å². The molecule has 9 heteroatoms. The minimum absolute atomic E-state index is 0.210. The summed E-state index contributed by atoms with van der Waals surface area (Å²) in [5.74, 6) is 0.368. The van der Waals surface area contributed by atoms with E-state index in [9.17, 15) is 13.2 Å². The fraction of sp³-hybridized carbons (Fsp3) is 0.143. The molecule has 1 N–H and O–H groups in total. The minimum atomic E-state index is -3.48. The molecule has 0 aliphatic heterocycles. The lowest BCUT2D eigenvalue weighted by molar-refractivity contribution is -0.111. The number of hydrogen-bond acceptors (Lipinski definition) is 6. The van der Waals surface area contributed by atoms with Gasteiger partial charge in [-0.15, -0.1) is 11.3 Å². The SMILES string of the molecule is COc1ccccc1/C=C/C(=O)Nc1nc(-c2ccc(S(=O)(=O)N(C)C)cc2)cs1. The Kier molecular flexibility index (Phi) is 6.66. The first kappa shape index (κ1) is 21.7. The van der Waals surface area contributed by atoms with E-state index in [1.807, 2.05) is 24.3 Å². The van der Waals surface area contributed by atoms with Crippen molar-refractivity contribution >= 4 is 38.5 Å². The highest BCUT2D eigenvalue weighted by molar-refractivity contribution is 7.89. The van der Waals surface area contributed by atoms with Gasteiger partial charge in [-0.1, -0.05) is 30.3 Å². The van der Waals surface area contributed by atoms with Gasteiger partial charge in [0.2, 0.25) is 15.9 Å². The summed E-state index contributed by atoms with van der Waals surface area (Å²) < 4.78 is 30.7. The van der Waals surface area contributed by atoms with Crippen molar-refractivity contribution in [3.63, 3.8) is 0 Å². The number of hydrogen-bond donors (Lipinski definition) is 1. The zero-order chi connectivity index (χ0) is 21.7. The third kappa shape index (κ3) is 4.93. The van der Waals surface area contributed by atoms with Crippen LogP contribution in [0, 0.1) is 0 Å². The van der Waals surface area contributed by atoms with Crippen LogP contribution in [0.15, 0.2) is 64.9 Å². The maximum absolute atomic E-state index is 12.2. The summed E-state index contributed by atoms with van der Waals surface area (Å²) in [4.78, 5) is 16.8. The molecular weight excluding hydrogens is 422 g/mol. The standard InChI is InChI=1S/C21H21N3O4S2/c1-24(2)30(26,27)17-11-8-15(9-12-17)18-14-29-21(22-18)23-20(25)13-10-16-6-4-5-7-19(16)28-3/h4-14H,1-3H3,(H,22,23,25)/b13-10+. The van der Waals surface area contributed by atoms with Gasteiger partial charge in [0.1, 0.15) is 5.75 Å². The van der Waals surface area contributed by atoms with E-state index in [0.717, 1.165) is 15.4 Å². The molecule has 7 nitrogen and oxygen atoms in total. The van der Waals surface area contributed by atoms with Crippen LogP contribution in [0.2, 0.25) is 0 Å². The number of amides is 1. The molecule has 0 unspecified atom stereocenters. The van der Waals surface area contributed by atoms with Crippen molar-refractivity contribution in [1.29, 1.82) is 0 Å². The first-order chi connectivity index (χ1) is 14.3. The lowest BCUT2D eigenvalue weighted by atomic mass is 10.2. The minimum Gasteiger partial charge on any atom is -0.496 e. The molecule has 3 rings (SSSR count). The van der Waals surface area contributed by atoms with Crippen LogP contribution in [0.4, 0.5) is 5.13 Å². The van der Waals surface area contributed by atoms with Gasteiger partial charge in [0.25, 0.3) is 0 Å². The van der Waals surface area contributed by atoms with Crippen molar-refractivity contribution in [3.05, 3.63) is 65.6 Å². The molecular formula is C21H21N3O4S2. The van der Waals surface area contributed by atoms with Crippen LogP contribution in [-0.2, 0) is 14.8 Å². The lowest BCUT2D eigenvalue weighted by Crippen LogP contribution is -2.22. The number of nitrogens with zero attached hydrogens (tertiary/aromatic N) is 2. The summed E-state index contributed by atoms with van der Waals surface area (Å²) >= 11 is 1.29. The summed E-state index contributed by atoms with van der Waals surface area (Å²) in [5.41, 5.74) is 2.20. The summed E-state index contributed by atoms with van der Waals surface area (Å²) in [6.07, 6.45) is 3.09. The van der Waals surface area contributed by atoms with Gasteiger partial charge in [-0.3, -0.25) is 10.1 Å². The van der Waals surface area contributed by atoms with Crippen molar-refractivity contribution in [2.45, 2.75) is 4.90 Å². The Morgan fingerprint density at radius 3 is 2.50 bits per heavy atom. The number of anilines is 1. The predicted molar refractivity (Wildman–Crippen MR) is 119 cm³/mol. The molecule has 0 fully saturated rings. The molecule has 0 bridgehead atoms. The highest BCUT2D eigenvalue weighted by Gasteiger charge is 2.17. The van der Waals surface area contributed by atoms with E-state index in [1.165, 1.54) is 43.6 Å². The number of para-hydroxylation sites is 1. The predicted octanol–water partition coefficient (Wildman–Crippen LogP) is 3.72.